The van der Waals surface area contributed by atoms with Crippen LogP contribution < -0.4 is 15.5 Å². The average Bonchev–Trinajstić information content (AvgIpc) is 2.68. The normalized spacial score (nSPS) is 10.2. The first-order chi connectivity index (χ1) is 13.6. The van der Waals surface area contributed by atoms with Gasteiger partial charge in [-0.1, -0.05) is 26.7 Å². The molecule has 0 spiro atoms. The van der Waals surface area contributed by atoms with E-state index in [-0.39, 0.29) is 13.2 Å². The van der Waals surface area contributed by atoms with Crippen molar-refractivity contribution in [3.05, 3.63) is 24.0 Å². The maximum Gasteiger partial charge on any atom is 0.407 e. The van der Waals surface area contributed by atoms with Gasteiger partial charge in [0, 0.05) is 19.3 Å². The molecule has 0 unspecified atom stereocenters. The second kappa shape index (κ2) is 14.5. The molecule has 0 aromatic carbocycles. The third-order valence-corrected chi connectivity index (χ3v) is 4.11. The zero-order valence-electron chi connectivity index (χ0n) is 17.3. The minimum atomic E-state index is -0.414. The number of carbonyl (C=O) groups excluding carboxylic acids is 2. The molecule has 0 aliphatic heterocycles. The highest BCUT2D eigenvalue weighted by Gasteiger charge is 2.12. The number of pyridine rings is 1. The first-order valence-corrected chi connectivity index (χ1v) is 10.1. The Balaban J connectivity index is 2.48. The fourth-order valence-electron chi connectivity index (χ4n) is 2.50. The van der Waals surface area contributed by atoms with Gasteiger partial charge in [0.15, 0.2) is 0 Å². The predicted molar refractivity (Wildman–Crippen MR) is 110 cm³/mol. The molecule has 1 aromatic heterocycles. The molecule has 8 nitrogen and oxygen atoms in total. The number of rotatable bonds is 13. The summed E-state index contributed by atoms with van der Waals surface area (Å²) in [5.74, 6) is 0. The molecular formula is C20H34N4O4. The Morgan fingerprint density at radius 1 is 1.00 bits per heavy atom. The summed E-state index contributed by atoms with van der Waals surface area (Å²) in [4.78, 5) is 29.7. The van der Waals surface area contributed by atoms with E-state index in [2.05, 4.69) is 29.5 Å². The van der Waals surface area contributed by atoms with Gasteiger partial charge in [0.05, 0.1) is 24.5 Å². The molecule has 1 rings (SSSR count). The lowest BCUT2D eigenvalue weighted by atomic mass is 10.2. The van der Waals surface area contributed by atoms with Crippen molar-refractivity contribution in [1.29, 1.82) is 0 Å². The predicted octanol–water partition coefficient (Wildman–Crippen LogP) is 3.25. The summed E-state index contributed by atoms with van der Waals surface area (Å²) >= 11 is 0. The smallest absolute Gasteiger partial charge is 0.407 e. The summed E-state index contributed by atoms with van der Waals surface area (Å²) in [7, 11) is 0. The fourth-order valence-corrected chi connectivity index (χ4v) is 2.50. The molecule has 0 radical (unpaired) electrons. The van der Waals surface area contributed by atoms with Crippen LogP contribution in [0, 0.1) is 6.92 Å². The Morgan fingerprint density at radius 3 is 2.00 bits per heavy atom. The van der Waals surface area contributed by atoms with Crippen molar-refractivity contribution in [2.75, 3.05) is 44.3 Å². The molecular weight excluding hydrogens is 360 g/mol. The van der Waals surface area contributed by atoms with Crippen LogP contribution in [0.1, 0.15) is 45.2 Å². The molecule has 0 saturated carbocycles. The van der Waals surface area contributed by atoms with E-state index >= 15 is 0 Å². The number of carbonyl (C=O) groups is 2. The van der Waals surface area contributed by atoms with Crippen molar-refractivity contribution in [2.45, 2.75) is 46.5 Å². The van der Waals surface area contributed by atoms with Gasteiger partial charge in [-0.3, -0.25) is 4.98 Å². The van der Waals surface area contributed by atoms with Crippen molar-refractivity contribution in [3.8, 4) is 0 Å². The first-order valence-electron chi connectivity index (χ1n) is 10.1. The first kappa shape index (κ1) is 23.5. The molecule has 8 heteroatoms. The van der Waals surface area contributed by atoms with Crippen LogP contribution in [0.3, 0.4) is 0 Å². The molecule has 0 saturated heterocycles. The van der Waals surface area contributed by atoms with Crippen molar-refractivity contribution >= 4 is 17.9 Å². The van der Waals surface area contributed by atoms with Crippen LogP contribution in [0.25, 0.3) is 0 Å². The van der Waals surface area contributed by atoms with E-state index in [0.717, 1.165) is 37.1 Å². The lowest BCUT2D eigenvalue weighted by Crippen LogP contribution is -2.35. The quantitative estimate of drug-likeness (QED) is 0.499. The van der Waals surface area contributed by atoms with Crippen LogP contribution in [0.2, 0.25) is 0 Å². The lowest BCUT2D eigenvalue weighted by Gasteiger charge is -2.25. The van der Waals surface area contributed by atoms with Crippen LogP contribution in [0.4, 0.5) is 15.3 Å². The number of unbranched alkanes of at least 4 members (excludes halogenated alkanes) is 2. The zero-order valence-corrected chi connectivity index (χ0v) is 17.3. The number of amides is 2. The SMILES string of the molecule is CCCCNC(=O)OCCN(CCOC(=O)NCCCC)c1cccnc1C. The Labute approximate surface area is 168 Å². The second-order valence-corrected chi connectivity index (χ2v) is 6.43. The maximum absolute atomic E-state index is 11.7. The molecule has 0 atom stereocenters. The number of hydrogen-bond acceptors (Lipinski definition) is 6. The van der Waals surface area contributed by atoms with Crippen LogP contribution in [-0.2, 0) is 9.47 Å². The second-order valence-electron chi connectivity index (χ2n) is 6.43. The third kappa shape index (κ3) is 9.99. The van der Waals surface area contributed by atoms with Gasteiger partial charge in [0.1, 0.15) is 13.2 Å². The van der Waals surface area contributed by atoms with E-state index in [1.54, 1.807) is 6.20 Å². The summed E-state index contributed by atoms with van der Waals surface area (Å²) in [5, 5.41) is 5.44. The summed E-state index contributed by atoms with van der Waals surface area (Å²) in [6, 6.07) is 3.80. The average molecular weight is 395 g/mol. The molecule has 28 heavy (non-hydrogen) atoms. The fraction of sp³-hybridized carbons (Fsp3) is 0.650. The van der Waals surface area contributed by atoms with E-state index in [4.69, 9.17) is 9.47 Å². The van der Waals surface area contributed by atoms with E-state index < -0.39 is 12.2 Å². The topological polar surface area (TPSA) is 92.8 Å². The number of anilines is 1. The minimum absolute atomic E-state index is 0.231. The minimum Gasteiger partial charge on any atom is -0.448 e. The monoisotopic (exact) mass is 394 g/mol. The number of nitrogens with zero attached hydrogens (tertiary/aromatic N) is 2. The van der Waals surface area contributed by atoms with Gasteiger partial charge < -0.3 is 25.0 Å². The number of aryl methyl sites for hydroxylation is 1. The number of nitrogens with one attached hydrogen (secondary N) is 2. The molecule has 0 fully saturated rings. The molecule has 2 N–H and O–H groups in total. The lowest BCUT2D eigenvalue weighted by molar-refractivity contribution is 0.144. The number of alkyl carbamates (subject to hydrolysis) is 2. The molecule has 1 heterocycles. The number of hydrogen-bond donors (Lipinski definition) is 2. The van der Waals surface area contributed by atoms with Gasteiger partial charge in [-0.05, 0) is 31.9 Å². The standard InChI is InChI=1S/C20H34N4O4/c1-4-6-10-22-19(25)27-15-13-24(18-9-8-12-21-17(18)3)14-16-28-20(26)23-11-7-5-2/h8-9,12H,4-7,10-11,13-16H2,1-3H3,(H,22,25)(H,23,26). The number of aromatic nitrogens is 1. The highest BCUT2D eigenvalue weighted by Crippen LogP contribution is 2.16. The number of ether oxygens (including phenoxy) is 2. The van der Waals surface area contributed by atoms with Crippen LogP contribution in [0.15, 0.2) is 18.3 Å². The van der Waals surface area contributed by atoms with E-state index in [1.807, 2.05) is 24.0 Å². The van der Waals surface area contributed by atoms with Gasteiger partial charge in [0.25, 0.3) is 0 Å². The van der Waals surface area contributed by atoms with Crippen molar-refractivity contribution in [1.82, 2.24) is 15.6 Å². The van der Waals surface area contributed by atoms with E-state index in [0.29, 0.717) is 26.2 Å². The third-order valence-electron chi connectivity index (χ3n) is 4.11. The molecule has 0 bridgehead atoms. The molecule has 158 valence electrons. The Morgan fingerprint density at radius 2 is 1.54 bits per heavy atom. The Kier molecular flexibility index (Phi) is 12.2. The Bertz CT molecular complexity index is 555. The van der Waals surface area contributed by atoms with Crippen LogP contribution >= 0.6 is 0 Å². The summed E-state index contributed by atoms with van der Waals surface area (Å²) in [5.41, 5.74) is 1.79. The van der Waals surface area contributed by atoms with Crippen molar-refractivity contribution in [3.63, 3.8) is 0 Å². The van der Waals surface area contributed by atoms with Crippen molar-refractivity contribution < 1.29 is 19.1 Å². The summed E-state index contributed by atoms with van der Waals surface area (Å²) in [6.07, 6.45) is 4.78. The van der Waals surface area contributed by atoms with Crippen LogP contribution in [0.5, 0.6) is 0 Å². The largest absolute Gasteiger partial charge is 0.448 e. The maximum atomic E-state index is 11.7. The molecule has 0 aliphatic rings. The van der Waals surface area contributed by atoms with Gasteiger partial charge in [-0.25, -0.2) is 9.59 Å². The zero-order chi connectivity index (χ0) is 20.6. The van der Waals surface area contributed by atoms with Crippen molar-refractivity contribution in [2.24, 2.45) is 0 Å². The van der Waals surface area contributed by atoms with Gasteiger partial charge in [0.2, 0.25) is 0 Å². The summed E-state index contributed by atoms with van der Waals surface area (Å²) < 4.78 is 10.5. The highest BCUT2D eigenvalue weighted by molar-refractivity contribution is 5.67. The van der Waals surface area contributed by atoms with Gasteiger partial charge in [-0.2, -0.15) is 0 Å². The van der Waals surface area contributed by atoms with Crippen LogP contribution in [-0.4, -0.2) is 56.6 Å². The molecule has 2 amide bonds. The molecule has 0 aliphatic carbocycles. The summed E-state index contributed by atoms with van der Waals surface area (Å²) in [6.45, 7) is 8.69. The molecule has 1 aromatic rings. The van der Waals surface area contributed by atoms with Gasteiger partial charge >= 0.3 is 12.2 Å². The highest BCUT2D eigenvalue weighted by atomic mass is 16.6. The van der Waals surface area contributed by atoms with Gasteiger partial charge in [-0.15, -0.1) is 0 Å². The van der Waals surface area contributed by atoms with E-state index in [9.17, 15) is 9.59 Å². The van der Waals surface area contributed by atoms with E-state index in [1.165, 1.54) is 0 Å². The Hall–Kier alpha value is -2.51.